The van der Waals surface area contributed by atoms with Crippen molar-refractivity contribution in [3.8, 4) is 5.75 Å². The van der Waals surface area contributed by atoms with Gasteiger partial charge in [0.05, 0.1) is 4.47 Å². The average molecular weight is 292 g/mol. The molecule has 1 aromatic carbocycles. The van der Waals surface area contributed by atoms with Crippen LogP contribution in [-0.4, -0.2) is 12.5 Å². The number of ether oxygens (including phenoxy) is 1. The third kappa shape index (κ3) is 1.51. The van der Waals surface area contributed by atoms with Crippen molar-refractivity contribution in [2.75, 3.05) is 6.61 Å². The summed E-state index contributed by atoms with van der Waals surface area (Å²) in [4.78, 5) is 11.3. The molecule has 1 amide bonds. The monoisotopic (exact) mass is 290 g/mol. The zero-order valence-corrected chi connectivity index (χ0v) is 9.93. The zero-order valence-electron chi connectivity index (χ0n) is 7.59. The van der Waals surface area contributed by atoms with Crippen molar-refractivity contribution in [3.05, 3.63) is 27.2 Å². The fraction of sp³-hybridized carbons (Fsp3) is 0.222. The first-order chi connectivity index (χ1) is 6.95. The van der Waals surface area contributed by atoms with Crippen LogP contribution in [0.15, 0.2) is 16.6 Å². The van der Waals surface area contributed by atoms with Crippen molar-refractivity contribution in [1.29, 1.82) is 0 Å². The Balaban J connectivity index is 2.65. The van der Waals surface area contributed by atoms with Crippen LogP contribution in [0.4, 0.5) is 0 Å². The summed E-state index contributed by atoms with van der Waals surface area (Å²) >= 11 is 9.15. The Morgan fingerprint density at radius 1 is 1.60 bits per heavy atom. The van der Waals surface area contributed by atoms with Gasteiger partial charge in [-0.25, -0.2) is 0 Å². The van der Waals surface area contributed by atoms with E-state index in [0.29, 0.717) is 20.8 Å². The van der Waals surface area contributed by atoms with E-state index in [9.17, 15) is 4.79 Å². The molecular formula is C9H8BrClN2O2. The van der Waals surface area contributed by atoms with Crippen molar-refractivity contribution < 1.29 is 9.53 Å². The number of amides is 1. The Kier molecular flexibility index (Phi) is 2.41. The molecule has 4 N–H and O–H groups in total. The lowest BCUT2D eigenvalue weighted by Gasteiger charge is -2.17. The van der Waals surface area contributed by atoms with Crippen LogP contribution in [0, 0.1) is 0 Å². The minimum atomic E-state index is -1.29. The molecule has 1 atom stereocenters. The molecule has 0 radical (unpaired) electrons. The summed E-state index contributed by atoms with van der Waals surface area (Å²) in [5, 5.41) is 0.474. The van der Waals surface area contributed by atoms with E-state index < -0.39 is 11.4 Å². The molecule has 0 fully saturated rings. The second kappa shape index (κ2) is 3.37. The second-order valence-corrected chi connectivity index (χ2v) is 4.68. The lowest BCUT2D eigenvalue weighted by molar-refractivity contribution is -0.123. The van der Waals surface area contributed by atoms with Crippen molar-refractivity contribution in [2.24, 2.45) is 11.5 Å². The van der Waals surface area contributed by atoms with E-state index in [4.69, 9.17) is 27.8 Å². The molecule has 2 rings (SSSR count). The Hall–Kier alpha value is -0.780. The number of primary amides is 1. The minimum Gasteiger partial charge on any atom is -0.489 e. The Bertz CT molecular complexity index is 452. The van der Waals surface area contributed by atoms with Gasteiger partial charge < -0.3 is 16.2 Å². The van der Waals surface area contributed by atoms with E-state index in [1.165, 1.54) is 0 Å². The van der Waals surface area contributed by atoms with Crippen molar-refractivity contribution >= 4 is 33.4 Å². The molecule has 1 aromatic rings. The molecule has 0 spiro atoms. The number of rotatable bonds is 1. The van der Waals surface area contributed by atoms with E-state index in [2.05, 4.69) is 15.9 Å². The number of nitrogens with two attached hydrogens (primary N) is 2. The highest BCUT2D eigenvalue weighted by molar-refractivity contribution is 9.10. The van der Waals surface area contributed by atoms with Crippen LogP contribution >= 0.6 is 27.5 Å². The van der Waals surface area contributed by atoms with Gasteiger partial charge in [0.25, 0.3) is 0 Å². The number of carbonyl (C=O) groups excluding carboxylic acids is 1. The van der Waals surface area contributed by atoms with Crippen molar-refractivity contribution in [3.63, 3.8) is 0 Å². The standard InChI is InChI=1S/C9H8BrClN2O2/c10-6-2-4(11)1-5-7(6)15-3-9(5,13)8(12)14/h1-2H,3,13H2,(H2,12,14). The van der Waals surface area contributed by atoms with Crippen LogP contribution in [0.1, 0.15) is 5.56 Å². The summed E-state index contributed by atoms with van der Waals surface area (Å²) in [5.74, 6) is -0.101. The lowest BCUT2D eigenvalue weighted by Crippen LogP contribution is -2.50. The molecule has 1 heterocycles. The number of hydrogen-bond donors (Lipinski definition) is 2. The average Bonchev–Trinajstić information content (AvgIpc) is 2.46. The quantitative estimate of drug-likeness (QED) is 0.814. The fourth-order valence-corrected chi connectivity index (χ4v) is 2.43. The Labute approximate surface area is 99.6 Å². The molecule has 1 aliphatic heterocycles. The van der Waals surface area contributed by atoms with Gasteiger partial charge in [0.1, 0.15) is 12.4 Å². The zero-order chi connectivity index (χ0) is 11.2. The molecule has 4 nitrogen and oxygen atoms in total. The minimum absolute atomic E-state index is 0.0383. The van der Waals surface area contributed by atoms with Crippen molar-refractivity contribution in [2.45, 2.75) is 5.54 Å². The molecule has 0 aromatic heterocycles. The van der Waals surface area contributed by atoms with Gasteiger partial charge in [-0.2, -0.15) is 0 Å². The molecular weight excluding hydrogens is 283 g/mol. The number of carbonyl (C=O) groups is 1. The molecule has 0 saturated heterocycles. The topological polar surface area (TPSA) is 78.3 Å². The number of hydrogen-bond acceptors (Lipinski definition) is 3. The molecule has 15 heavy (non-hydrogen) atoms. The number of fused-ring (bicyclic) bond motifs is 1. The van der Waals surface area contributed by atoms with Crippen LogP contribution < -0.4 is 16.2 Å². The first-order valence-corrected chi connectivity index (χ1v) is 5.33. The van der Waals surface area contributed by atoms with Gasteiger partial charge in [0.15, 0.2) is 5.54 Å². The van der Waals surface area contributed by atoms with Gasteiger partial charge in [-0.3, -0.25) is 4.79 Å². The highest BCUT2D eigenvalue weighted by Crippen LogP contribution is 2.42. The summed E-state index contributed by atoms with van der Waals surface area (Å²) < 4.78 is 6.00. The maximum Gasteiger partial charge on any atom is 0.245 e. The van der Waals surface area contributed by atoms with Gasteiger partial charge in [0, 0.05) is 10.6 Å². The lowest BCUT2D eigenvalue weighted by atomic mass is 9.93. The maximum atomic E-state index is 11.3. The molecule has 0 bridgehead atoms. The molecule has 1 unspecified atom stereocenters. The van der Waals surface area contributed by atoms with Crippen LogP contribution in [-0.2, 0) is 10.3 Å². The fourth-order valence-electron chi connectivity index (χ4n) is 1.51. The predicted octanol–water partition coefficient (Wildman–Crippen LogP) is 1.13. The first kappa shape index (κ1) is 10.7. The summed E-state index contributed by atoms with van der Waals surface area (Å²) in [7, 11) is 0. The smallest absolute Gasteiger partial charge is 0.245 e. The third-order valence-electron chi connectivity index (χ3n) is 2.37. The van der Waals surface area contributed by atoms with Gasteiger partial charge in [-0.05, 0) is 28.1 Å². The van der Waals surface area contributed by atoms with Crippen LogP contribution in [0.25, 0.3) is 0 Å². The van der Waals surface area contributed by atoms with Gasteiger partial charge in [-0.1, -0.05) is 11.6 Å². The summed E-state index contributed by atoms with van der Waals surface area (Å²) in [5.41, 5.74) is 10.4. The van der Waals surface area contributed by atoms with Crippen LogP contribution in [0.2, 0.25) is 5.02 Å². The summed E-state index contributed by atoms with van der Waals surface area (Å²) in [6.07, 6.45) is 0. The first-order valence-electron chi connectivity index (χ1n) is 4.16. The maximum absolute atomic E-state index is 11.3. The van der Waals surface area contributed by atoms with E-state index in [-0.39, 0.29) is 6.61 Å². The predicted molar refractivity (Wildman–Crippen MR) is 59.7 cm³/mol. The molecule has 1 aliphatic rings. The largest absolute Gasteiger partial charge is 0.489 e. The summed E-state index contributed by atoms with van der Waals surface area (Å²) in [6, 6.07) is 3.27. The summed E-state index contributed by atoms with van der Waals surface area (Å²) in [6.45, 7) is 0.0383. The molecule has 80 valence electrons. The molecule has 0 aliphatic carbocycles. The normalized spacial score (nSPS) is 23.4. The highest BCUT2D eigenvalue weighted by Gasteiger charge is 2.43. The second-order valence-electron chi connectivity index (χ2n) is 3.39. The number of benzene rings is 1. The van der Waals surface area contributed by atoms with Gasteiger partial charge >= 0.3 is 0 Å². The highest BCUT2D eigenvalue weighted by atomic mass is 79.9. The van der Waals surface area contributed by atoms with Crippen LogP contribution in [0.3, 0.4) is 0 Å². The van der Waals surface area contributed by atoms with Gasteiger partial charge in [0.2, 0.25) is 5.91 Å². The van der Waals surface area contributed by atoms with E-state index >= 15 is 0 Å². The van der Waals surface area contributed by atoms with E-state index in [0.717, 1.165) is 0 Å². The third-order valence-corrected chi connectivity index (χ3v) is 3.18. The Morgan fingerprint density at radius 2 is 2.27 bits per heavy atom. The van der Waals surface area contributed by atoms with E-state index in [1.807, 2.05) is 0 Å². The van der Waals surface area contributed by atoms with Crippen LogP contribution in [0.5, 0.6) is 5.75 Å². The van der Waals surface area contributed by atoms with Gasteiger partial charge in [-0.15, -0.1) is 0 Å². The van der Waals surface area contributed by atoms with Crippen molar-refractivity contribution in [1.82, 2.24) is 0 Å². The SMILES string of the molecule is NC(=O)C1(N)COc2c(Br)cc(Cl)cc21. The molecule has 0 saturated carbocycles. The van der Waals surface area contributed by atoms with E-state index in [1.54, 1.807) is 12.1 Å². The number of halogens is 2. The molecule has 6 heteroatoms. The Morgan fingerprint density at radius 3 is 2.87 bits per heavy atom.